The smallest absolute Gasteiger partial charge is 0.318 e. The SMILES string of the molecule is CCOc1ccc(N=Cc2ccc(Oc3ccc([N+](=O)[O-])cc3[N+](=O)[O-])cc2)cc1. The van der Waals surface area contributed by atoms with Crippen molar-refractivity contribution >= 4 is 23.3 Å². The second kappa shape index (κ2) is 9.28. The summed E-state index contributed by atoms with van der Waals surface area (Å²) in [7, 11) is 0. The Balaban J connectivity index is 1.71. The number of hydrogen-bond acceptors (Lipinski definition) is 7. The van der Waals surface area contributed by atoms with Crippen LogP contribution in [0, 0.1) is 20.2 Å². The quantitative estimate of drug-likeness (QED) is 0.279. The number of nitro groups is 2. The highest BCUT2D eigenvalue weighted by Crippen LogP contribution is 2.34. The number of ether oxygens (including phenoxy) is 2. The number of hydrogen-bond donors (Lipinski definition) is 0. The lowest BCUT2D eigenvalue weighted by atomic mass is 10.2. The molecule has 0 aliphatic carbocycles. The van der Waals surface area contributed by atoms with Crippen LogP contribution in [0.3, 0.4) is 0 Å². The molecule has 0 heterocycles. The Morgan fingerprint density at radius 1 is 0.900 bits per heavy atom. The standard InChI is InChI=1S/C21H17N3O6/c1-2-29-18-10-5-16(6-11-18)22-14-15-3-8-19(9-4-15)30-21-12-7-17(23(25)26)13-20(21)24(27)28/h3-14H,2H2,1H3. The van der Waals surface area contributed by atoms with Crippen LogP contribution >= 0.6 is 0 Å². The molecule has 0 saturated carbocycles. The fraction of sp³-hybridized carbons (Fsp3) is 0.0952. The maximum atomic E-state index is 11.2. The summed E-state index contributed by atoms with van der Waals surface area (Å²) >= 11 is 0. The van der Waals surface area contributed by atoms with Crippen molar-refractivity contribution in [2.75, 3.05) is 6.61 Å². The lowest BCUT2D eigenvalue weighted by molar-refractivity contribution is -0.394. The van der Waals surface area contributed by atoms with Gasteiger partial charge in [-0.15, -0.1) is 0 Å². The van der Waals surface area contributed by atoms with Crippen LogP contribution in [-0.4, -0.2) is 22.7 Å². The largest absolute Gasteiger partial charge is 0.494 e. The van der Waals surface area contributed by atoms with E-state index >= 15 is 0 Å². The summed E-state index contributed by atoms with van der Waals surface area (Å²) in [6, 6.07) is 17.3. The van der Waals surface area contributed by atoms with Crippen molar-refractivity contribution in [3.8, 4) is 17.2 Å². The van der Waals surface area contributed by atoms with E-state index in [0.29, 0.717) is 12.4 Å². The molecule has 152 valence electrons. The molecule has 0 bridgehead atoms. The van der Waals surface area contributed by atoms with Gasteiger partial charge < -0.3 is 9.47 Å². The van der Waals surface area contributed by atoms with E-state index in [4.69, 9.17) is 9.47 Å². The molecule has 9 heteroatoms. The van der Waals surface area contributed by atoms with Gasteiger partial charge in [-0.3, -0.25) is 25.2 Å². The summed E-state index contributed by atoms with van der Waals surface area (Å²) < 4.78 is 10.9. The van der Waals surface area contributed by atoms with E-state index in [2.05, 4.69) is 4.99 Å². The average molecular weight is 407 g/mol. The molecule has 0 saturated heterocycles. The summed E-state index contributed by atoms with van der Waals surface area (Å²) in [4.78, 5) is 25.0. The van der Waals surface area contributed by atoms with Crippen LogP contribution in [0.25, 0.3) is 0 Å². The van der Waals surface area contributed by atoms with Crippen molar-refractivity contribution in [1.82, 2.24) is 0 Å². The Morgan fingerprint density at radius 3 is 2.17 bits per heavy atom. The molecular formula is C21H17N3O6. The zero-order valence-corrected chi connectivity index (χ0v) is 15.9. The molecule has 3 aromatic carbocycles. The Morgan fingerprint density at radius 2 is 1.57 bits per heavy atom. The van der Waals surface area contributed by atoms with Crippen molar-refractivity contribution in [2.45, 2.75) is 6.92 Å². The van der Waals surface area contributed by atoms with Gasteiger partial charge in [-0.1, -0.05) is 0 Å². The third-order valence-electron chi connectivity index (χ3n) is 3.97. The lowest BCUT2D eigenvalue weighted by Gasteiger charge is -2.06. The summed E-state index contributed by atoms with van der Waals surface area (Å²) in [5, 5.41) is 22.0. The first-order valence-corrected chi connectivity index (χ1v) is 8.94. The van der Waals surface area contributed by atoms with Crippen LogP contribution in [0.1, 0.15) is 12.5 Å². The van der Waals surface area contributed by atoms with Crippen molar-refractivity contribution in [1.29, 1.82) is 0 Å². The third kappa shape index (κ3) is 5.16. The van der Waals surface area contributed by atoms with Gasteiger partial charge in [0.15, 0.2) is 0 Å². The topological polar surface area (TPSA) is 117 Å². The summed E-state index contributed by atoms with van der Waals surface area (Å²) in [5.74, 6) is 1.05. The van der Waals surface area contributed by atoms with Gasteiger partial charge in [0.2, 0.25) is 5.75 Å². The second-order valence-electron chi connectivity index (χ2n) is 6.02. The number of nitro benzene ring substituents is 2. The molecule has 0 unspecified atom stereocenters. The van der Waals surface area contributed by atoms with Crippen LogP contribution in [0.2, 0.25) is 0 Å². The van der Waals surface area contributed by atoms with Gasteiger partial charge in [-0.05, 0) is 67.1 Å². The van der Waals surface area contributed by atoms with E-state index in [-0.39, 0.29) is 11.4 Å². The zero-order chi connectivity index (χ0) is 21.5. The predicted molar refractivity (Wildman–Crippen MR) is 111 cm³/mol. The number of aliphatic imine (C=N–C) groups is 1. The molecule has 3 rings (SSSR count). The first-order chi connectivity index (χ1) is 14.5. The molecule has 0 fully saturated rings. The van der Waals surface area contributed by atoms with Crippen LogP contribution in [0.15, 0.2) is 71.7 Å². The molecule has 0 aliphatic heterocycles. The molecular weight excluding hydrogens is 390 g/mol. The van der Waals surface area contributed by atoms with Gasteiger partial charge in [0.25, 0.3) is 5.69 Å². The van der Waals surface area contributed by atoms with E-state index in [9.17, 15) is 20.2 Å². The maximum Gasteiger partial charge on any atom is 0.318 e. The highest BCUT2D eigenvalue weighted by molar-refractivity contribution is 5.82. The maximum absolute atomic E-state index is 11.2. The van der Waals surface area contributed by atoms with Crippen molar-refractivity contribution in [2.24, 2.45) is 4.99 Å². The summed E-state index contributed by atoms with van der Waals surface area (Å²) in [5.41, 5.74) is 0.704. The molecule has 0 atom stereocenters. The molecule has 0 aliphatic rings. The van der Waals surface area contributed by atoms with Crippen molar-refractivity contribution in [3.05, 3.63) is 92.5 Å². The van der Waals surface area contributed by atoms with Gasteiger partial charge in [0, 0.05) is 12.3 Å². The van der Waals surface area contributed by atoms with E-state index in [1.165, 1.54) is 6.07 Å². The zero-order valence-electron chi connectivity index (χ0n) is 15.9. The Hall–Kier alpha value is -4.27. The monoisotopic (exact) mass is 407 g/mol. The van der Waals surface area contributed by atoms with Crippen LogP contribution in [0.5, 0.6) is 17.2 Å². The molecule has 9 nitrogen and oxygen atoms in total. The van der Waals surface area contributed by atoms with Gasteiger partial charge in [-0.2, -0.15) is 0 Å². The second-order valence-corrected chi connectivity index (χ2v) is 6.02. The highest BCUT2D eigenvalue weighted by atomic mass is 16.6. The fourth-order valence-electron chi connectivity index (χ4n) is 2.54. The number of nitrogens with zero attached hydrogens (tertiary/aromatic N) is 3. The molecule has 0 N–H and O–H groups in total. The lowest BCUT2D eigenvalue weighted by Crippen LogP contribution is -1.96. The molecule has 3 aromatic rings. The Labute approximate surface area is 171 Å². The molecule has 0 spiro atoms. The highest BCUT2D eigenvalue weighted by Gasteiger charge is 2.21. The number of non-ortho nitro benzene ring substituents is 1. The van der Waals surface area contributed by atoms with Gasteiger partial charge in [-0.25, -0.2) is 0 Å². The summed E-state index contributed by atoms with van der Waals surface area (Å²) in [6.45, 7) is 2.51. The predicted octanol–water partition coefficient (Wildman–Crippen LogP) is 5.44. The third-order valence-corrected chi connectivity index (χ3v) is 3.97. The molecule has 0 aromatic heterocycles. The minimum atomic E-state index is -0.722. The van der Waals surface area contributed by atoms with E-state index in [1.807, 2.05) is 31.2 Å². The van der Waals surface area contributed by atoms with E-state index < -0.39 is 15.5 Å². The first kappa shape index (κ1) is 20.5. The average Bonchev–Trinajstić information content (AvgIpc) is 2.74. The van der Waals surface area contributed by atoms with Gasteiger partial charge in [0.05, 0.1) is 28.2 Å². The minimum absolute atomic E-state index is 0.0820. The van der Waals surface area contributed by atoms with Crippen LogP contribution in [-0.2, 0) is 0 Å². The van der Waals surface area contributed by atoms with Gasteiger partial charge in [0.1, 0.15) is 11.5 Å². The normalized spacial score (nSPS) is 10.7. The minimum Gasteiger partial charge on any atom is -0.494 e. The number of rotatable bonds is 8. The van der Waals surface area contributed by atoms with Crippen molar-refractivity contribution < 1.29 is 19.3 Å². The molecule has 0 radical (unpaired) electrons. The van der Waals surface area contributed by atoms with Crippen molar-refractivity contribution in [3.63, 3.8) is 0 Å². The Kier molecular flexibility index (Phi) is 6.33. The fourth-order valence-corrected chi connectivity index (χ4v) is 2.54. The van der Waals surface area contributed by atoms with Gasteiger partial charge >= 0.3 is 5.69 Å². The van der Waals surface area contributed by atoms with E-state index in [0.717, 1.165) is 29.1 Å². The molecule has 0 amide bonds. The Bertz CT molecular complexity index is 1080. The first-order valence-electron chi connectivity index (χ1n) is 8.94. The van der Waals surface area contributed by atoms with Crippen LogP contribution < -0.4 is 9.47 Å². The van der Waals surface area contributed by atoms with E-state index in [1.54, 1.807) is 30.5 Å². The molecule has 30 heavy (non-hydrogen) atoms. The van der Waals surface area contributed by atoms with Crippen LogP contribution in [0.4, 0.5) is 17.1 Å². The summed E-state index contributed by atoms with van der Waals surface area (Å²) in [6.07, 6.45) is 1.67. The number of benzene rings is 3.